The Morgan fingerprint density at radius 2 is 0.737 bits per heavy atom. The normalized spacial score (nSPS) is 11.9. The molecule has 0 saturated carbocycles. The maximum absolute atomic E-state index is 6.41. The summed E-state index contributed by atoms with van der Waals surface area (Å²) in [5, 5.41) is 7.26. The number of aromatic nitrogens is 2. The lowest BCUT2D eigenvalue weighted by Crippen LogP contribution is -1.96. The van der Waals surface area contributed by atoms with E-state index in [0.29, 0.717) is 0 Å². The molecule has 12 aromatic rings. The van der Waals surface area contributed by atoms with E-state index in [-0.39, 0.29) is 0 Å². The molecule has 12 rings (SSSR count). The van der Waals surface area contributed by atoms with Gasteiger partial charge in [0.05, 0.1) is 22.1 Å². The van der Waals surface area contributed by atoms with Crippen molar-refractivity contribution in [2.24, 2.45) is 0 Å². The van der Waals surface area contributed by atoms with Crippen LogP contribution in [0.15, 0.2) is 211 Å². The van der Waals surface area contributed by atoms with Gasteiger partial charge in [-0.15, -0.1) is 0 Å². The van der Waals surface area contributed by atoms with Crippen LogP contribution in [0.5, 0.6) is 0 Å². The van der Waals surface area contributed by atoms with Gasteiger partial charge in [0, 0.05) is 49.3 Å². The van der Waals surface area contributed by atoms with Gasteiger partial charge in [0.25, 0.3) is 0 Å². The number of para-hydroxylation sites is 4. The standard InChI is InChI=1S/C54H34N2O/c1-2-11-35(12-3-1)36-21-23-37(24-22-36)38-25-29-40(30-26-38)55-49-18-7-4-13-43(49)47-33-48-44-14-5-8-19-50(44)56(52(48)34-51(47)55)41-31-27-39(28-32-41)42-16-10-17-46-45-15-6-9-20-53(45)57-54(42)46/h1-34H. The number of rotatable bonds is 5. The predicted molar refractivity (Wildman–Crippen MR) is 239 cm³/mol. The minimum atomic E-state index is 0.912. The van der Waals surface area contributed by atoms with Crippen molar-refractivity contribution in [3.05, 3.63) is 206 Å². The Hall–Kier alpha value is -7.62. The molecule has 0 radical (unpaired) electrons. The molecular weight excluding hydrogens is 693 g/mol. The fourth-order valence-electron chi connectivity index (χ4n) is 9.04. The van der Waals surface area contributed by atoms with Gasteiger partial charge in [-0.1, -0.05) is 152 Å². The van der Waals surface area contributed by atoms with Crippen molar-refractivity contribution in [3.63, 3.8) is 0 Å². The molecule has 57 heavy (non-hydrogen) atoms. The first-order valence-electron chi connectivity index (χ1n) is 19.5. The van der Waals surface area contributed by atoms with Gasteiger partial charge in [0.1, 0.15) is 11.2 Å². The summed E-state index contributed by atoms with van der Waals surface area (Å²) >= 11 is 0. The summed E-state index contributed by atoms with van der Waals surface area (Å²) in [7, 11) is 0. The third-order valence-corrected chi connectivity index (χ3v) is 11.8. The van der Waals surface area contributed by atoms with Crippen LogP contribution in [0.3, 0.4) is 0 Å². The molecule has 0 aliphatic rings. The highest BCUT2D eigenvalue weighted by atomic mass is 16.3. The van der Waals surface area contributed by atoms with E-state index in [1.165, 1.54) is 65.9 Å². The largest absolute Gasteiger partial charge is 0.455 e. The smallest absolute Gasteiger partial charge is 0.143 e. The summed E-state index contributed by atoms with van der Waals surface area (Å²) in [6, 6.07) is 74.4. The van der Waals surface area contributed by atoms with Crippen molar-refractivity contribution in [1.29, 1.82) is 0 Å². The molecule has 0 saturated heterocycles. The SMILES string of the molecule is c1ccc(-c2ccc(-c3ccc(-n4c5ccccc5c5cc6c7ccccc7n(-c7ccc(-c8cccc9c8oc8ccccc89)cc7)c6cc54)cc3)cc2)cc1. The van der Waals surface area contributed by atoms with E-state index in [1.54, 1.807) is 0 Å². The second-order valence-corrected chi connectivity index (χ2v) is 14.9. The maximum atomic E-state index is 6.41. The molecule has 0 fully saturated rings. The second-order valence-electron chi connectivity index (χ2n) is 14.9. The van der Waals surface area contributed by atoms with Crippen molar-refractivity contribution in [2.75, 3.05) is 0 Å². The topological polar surface area (TPSA) is 23.0 Å². The van der Waals surface area contributed by atoms with Crippen LogP contribution < -0.4 is 0 Å². The van der Waals surface area contributed by atoms with Crippen molar-refractivity contribution in [3.8, 4) is 44.8 Å². The lowest BCUT2D eigenvalue weighted by atomic mass is 10.0. The fraction of sp³-hybridized carbons (Fsp3) is 0. The van der Waals surface area contributed by atoms with Gasteiger partial charge in [-0.2, -0.15) is 0 Å². The van der Waals surface area contributed by atoms with Crippen LogP contribution in [0, 0.1) is 0 Å². The number of fused-ring (bicyclic) bond motifs is 9. The Labute approximate surface area is 328 Å². The summed E-state index contributed by atoms with van der Waals surface area (Å²) in [4.78, 5) is 0. The Morgan fingerprint density at radius 1 is 0.281 bits per heavy atom. The summed E-state index contributed by atoms with van der Waals surface area (Å²) in [6.45, 7) is 0. The van der Waals surface area contributed by atoms with Gasteiger partial charge in [-0.25, -0.2) is 0 Å². The highest BCUT2D eigenvalue weighted by Gasteiger charge is 2.19. The summed E-state index contributed by atoms with van der Waals surface area (Å²) in [5.74, 6) is 0. The zero-order chi connectivity index (χ0) is 37.5. The van der Waals surface area contributed by atoms with Crippen LogP contribution in [-0.2, 0) is 0 Å². The molecule has 0 aliphatic heterocycles. The number of nitrogens with zero attached hydrogens (tertiary/aromatic N) is 2. The van der Waals surface area contributed by atoms with Crippen molar-refractivity contribution < 1.29 is 4.42 Å². The third-order valence-electron chi connectivity index (χ3n) is 11.8. The molecule has 0 atom stereocenters. The van der Waals surface area contributed by atoms with E-state index in [1.807, 2.05) is 12.1 Å². The summed E-state index contributed by atoms with van der Waals surface area (Å²) in [5.41, 5.74) is 15.9. The van der Waals surface area contributed by atoms with Gasteiger partial charge in [-0.3, -0.25) is 0 Å². The molecule has 0 amide bonds. The minimum Gasteiger partial charge on any atom is -0.455 e. The first-order valence-corrected chi connectivity index (χ1v) is 19.5. The predicted octanol–water partition coefficient (Wildman–Crippen LogP) is 14.8. The highest BCUT2D eigenvalue weighted by molar-refractivity contribution is 6.19. The van der Waals surface area contributed by atoms with Crippen LogP contribution in [-0.4, -0.2) is 9.13 Å². The lowest BCUT2D eigenvalue weighted by molar-refractivity contribution is 0.670. The van der Waals surface area contributed by atoms with E-state index < -0.39 is 0 Å². The molecule has 266 valence electrons. The maximum Gasteiger partial charge on any atom is 0.143 e. The Balaban J connectivity index is 0.993. The van der Waals surface area contributed by atoms with Crippen LogP contribution in [0.25, 0.3) is 110 Å². The van der Waals surface area contributed by atoms with Crippen molar-refractivity contribution in [2.45, 2.75) is 0 Å². The van der Waals surface area contributed by atoms with Crippen LogP contribution >= 0.6 is 0 Å². The van der Waals surface area contributed by atoms with E-state index >= 15 is 0 Å². The molecule has 3 heterocycles. The first kappa shape index (κ1) is 31.7. The monoisotopic (exact) mass is 726 g/mol. The van der Waals surface area contributed by atoms with Gasteiger partial charge in [-0.05, 0) is 82.4 Å². The van der Waals surface area contributed by atoms with Crippen LogP contribution in [0.1, 0.15) is 0 Å². The van der Waals surface area contributed by atoms with Crippen LogP contribution in [0.2, 0.25) is 0 Å². The highest BCUT2D eigenvalue weighted by Crippen LogP contribution is 2.41. The zero-order valence-corrected chi connectivity index (χ0v) is 30.9. The quantitative estimate of drug-likeness (QED) is 0.173. The van der Waals surface area contributed by atoms with Gasteiger partial charge < -0.3 is 13.6 Å². The fourth-order valence-corrected chi connectivity index (χ4v) is 9.04. The minimum absolute atomic E-state index is 0.912. The van der Waals surface area contributed by atoms with Gasteiger partial charge in [0.2, 0.25) is 0 Å². The third kappa shape index (κ3) is 4.92. The summed E-state index contributed by atoms with van der Waals surface area (Å²) < 4.78 is 11.2. The molecule has 0 unspecified atom stereocenters. The number of benzene rings is 9. The molecule has 0 spiro atoms. The van der Waals surface area contributed by atoms with Gasteiger partial charge in [0.15, 0.2) is 0 Å². The van der Waals surface area contributed by atoms with E-state index in [9.17, 15) is 0 Å². The number of hydrogen-bond donors (Lipinski definition) is 0. The Morgan fingerprint density at radius 3 is 1.33 bits per heavy atom. The second kappa shape index (κ2) is 12.5. The molecule has 9 aromatic carbocycles. The number of hydrogen-bond acceptors (Lipinski definition) is 1. The van der Waals surface area contributed by atoms with Crippen molar-refractivity contribution in [1.82, 2.24) is 9.13 Å². The molecule has 0 N–H and O–H groups in total. The molecular formula is C54H34N2O. The molecule has 0 bridgehead atoms. The Kier molecular flexibility index (Phi) is 6.93. The lowest BCUT2D eigenvalue weighted by Gasteiger charge is -2.12. The average molecular weight is 727 g/mol. The van der Waals surface area contributed by atoms with E-state index in [2.05, 4.69) is 203 Å². The molecule has 3 nitrogen and oxygen atoms in total. The number of furan rings is 1. The van der Waals surface area contributed by atoms with E-state index in [0.717, 1.165) is 44.4 Å². The van der Waals surface area contributed by atoms with Crippen LogP contribution in [0.4, 0.5) is 0 Å². The van der Waals surface area contributed by atoms with Crippen molar-refractivity contribution >= 4 is 65.6 Å². The van der Waals surface area contributed by atoms with E-state index in [4.69, 9.17) is 4.42 Å². The summed E-state index contributed by atoms with van der Waals surface area (Å²) in [6.07, 6.45) is 0. The average Bonchev–Trinajstić information content (AvgIpc) is 3.94. The Bertz CT molecular complexity index is 3470. The first-order chi connectivity index (χ1) is 28.3. The molecule has 3 aromatic heterocycles. The zero-order valence-electron chi connectivity index (χ0n) is 30.9. The van der Waals surface area contributed by atoms with Gasteiger partial charge >= 0.3 is 0 Å². The molecule has 0 aliphatic carbocycles. The molecule has 3 heteroatoms.